The summed E-state index contributed by atoms with van der Waals surface area (Å²) >= 11 is 0.689. The van der Waals surface area contributed by atoms with E-state index in [9.17, 15) is 18.0 Å². The lowest BCUT2D eigenvalue weighted by Crippen LogP contribution is -2.26. The van der Waals surface area contributed by atoms with Crippen molar-refractivity contribution in [1.29, 1.82) is 0 Å². The monoisotopic (exact) mass is 316 g/mol. The minimum atomic E-state index is -4.71. The molecular weight excluding hydrogens is 305 g/mol. The normalized spacial score (nSPS) is 11.5. The first-order valence-electron chi connectivity index (χ1n) is 5.80. The van der Waals surface area contributed by atoms with Crippen LogP contribution in [-0.2, 0) is 11.0 Å². The molecule has 21 heavy (non-hydrogen) atoms. The molecule has 1 aromatic heterocycles. The molecule has 1 aromatic carbocycles. The molecule has 2 rings (SSSR count). The van der Waals surface area contributed by atoms with Crippen molar-refractivity contribution in [2.45, 2.75) is 6.18 Å². The zero-order valence-electron chi connectivity index (χ0n) is 11.1. The largest absolute Gasteiger partial charge is 0.435 e. The molecule has 0 radical (unpaired) electrons. The summed E-state index contributed by atoms with van der Waals surface area (Å²) in [5, 5.41) is 0.869. The Bertz CT molecular complexity index is 641. The fraction of sp³-hybridized carbons (Fsp3) is 0.231. The van der Waals surface area contributed by atoms with Crippen LogP contribution in [0.3, 0.4) is 0 Å². The van der Waals surface area contributed by atoms with Gasteiger partial charge in [0.15, 0.2) is 5.69 Å². The van der Waals surface area contributed by atoms with Crippen LogP contribution >= 0.6 is 11.3 Å². The molecule has 0 saturated heterocycles. The first kappa shape index (κ1) is 15.5. The molecule has 0 aliphatic rings. The van der Waals surface area contributed by atoms with Crippen LogP contribution in [0.5, 0.6) is 0 Å². The third-order valence-electron chi connectivity index (χ3n) is 2.67. The number of aromatic nitrogens is 1. The Balaban J connectivity index is 2.54. The lowest BCUT2D eigenvalue weighted by Gasteiger charge is -2.13. The average Bonchev–Trinajstić information content (AvgIpc) is 2.92. The summed E-state index contributed by atoms with van der Waals surface area (Å²) in [4.78, 5) is 19.7. The molecule has 112 valence electrons. The molecular formula is C13H11F3N2O2S. The van der Waals surface area contributed by atoms with E-state index in [-0.39, 0.29) is 5.01 Å². The molecule has 0 bridgehead atoms. The summed E-state index contributed by atoms with van der Waals surface area (Å²) in [6, 6.07) is 8.38. The number of carbonyl (C=O) groups excluding carboxylic acids is 1. The number of halogens is 3. The quantitative estimate of drug-likeness (QED) is 0.814. The lowest BCUT2D eigenvalue weighted by atomic mass is 10.2. The van der Waals surface area contributed by atoms with E-state index >= 15 is 0 Å². The predicted molar refractivity (Wildman–Crippen MR) is 71.7 cm³/mol. The van der Waals surface area contributed by atoms with E-state index in [0.29, 0.717) is 16.9 Å². The van der Waals surface area contributed by atoms with Crippen molar-refractivity contribution in [3.8, 4) is 10.6 Å². The Labute approximate surface area is 122 Å². The highest BCUT2D eigenvalue weighted by Crippen LogP contribution is 2.38. The van der Waals surface area contributed by atoms with Crippen LogP contribution in [0.1, 0.15) is 15.4 Å². The molecule has 1 heterocycles. The zero-order chi connectivity index (χ0) is 15.6. The Morgan fingerprint density at radius 3 is 2.43 bits per heavy atom. The molecule has 0 fully saturated rings. The van der Waals surface area contributed by atoms with Crippen molar-refractivity contribution in [3.05, 3.63) is 40.9 Å². The topological polar surface area (TPSA) is 42.4 Å². The summed E-state index contributed by atoms with van der Waals surface area (Å²) in [7, 11) is 2.44. The van der Waals surface area contributed by atoms with Crippen LogP contribution in [0.25, 0.3) is 10.6 Å². The fourth-order valence-electron chi connectivity index (χ4n) is 1.59. The van der Waals surface area contributed by atoms with Gasteiger partial charge in [0.05, 0.1) is 7.11 Å². The van der Waals surface area contributed by atoms with Gasteiger partial charge in [-0.25, -0.2) is 10.0 Å². The molecule has 2 aromatic rings. The number of amides is 1. The second-order valence-electron chi connectivity index (χ2n) is 4.05. The van der Waals surface area contributed by atoms with E-state index < -0.39 is 22.7 Å². The maximum absolute atomic E-state index is 13.0. The first-order chi connectivity index (χ1) is 9.84. The highest BCUT2D eigenvalue weighted by molar-refractivity contribution is 7.17. The molecule has 1 amide bonds. The highest BCUT2D eigenvalue weighted by Gasteiger charge is 2.40. The van der Waals surface area contributed by atoms with Crippen LogP contribution in [0.4, 0.5) is 13.2 Å². The molecule has 0 saturated carbocycles. The van der Waals surface area contributed by atoms with Gasteiger partial charge in [-0.3, -0.25) is 9.63 Å². The number of hydroxylamine groups is 2. The van der Waals surface area contributed by atoms with Crippen LogP contribution < -0.4 is 0 Å². The first-order valence-corrected chi connectivity index (χ1v) is 6.62. The summed E-state index contributed by atoms with van der Waals surface area (Å²) in [5.74, 6) is -0.885. The van der Waals surface area contributed by atoms with Crippen molar-refractivity contribution in [2.24, 2.45) is 0 Å². The maximum Gasteiger partial charge on any atom is 0.435 e. The van der Waals surface area contributed by atoms with Crippen LogP contribution in [-0.4, -0.2) is 30.1 Å². The highest BCUT2D eigenvalue weighted by atomic mass is 32.1. The van der Waals surface area contributed by atoms with Crippen molar-refractivity contribution in [3.63, 3.8) is 0 Å². The van der Waals surface area contributed by atoms with Crippen molar-refractivity contribution in [1.82, 2.24) is 10.0 Å². The van der Waals surface area contributed by atoms with E-state index in [4.69, 9.17) is 0 Å². The Morgan fingerprint density at radius 1 is 1.29 bits per heavy atom. The van der Waals surface area contributed by atoms with Gasteiger partial charge in [-0.15, -0.1) is 11.3 Å². The van der Waals surface area contributed by atoms with E-state index in [2.05, 4.69) is 9.82 Å². The van der Waals surface area contributed by atoms with E-state index in [1.807, 2.05) is 0 Å². The molecule has 0 unspecified atom stereocenters. The molecule has 0 N–H and O–H groups in total. The van der Waals surface area contributed by atoms with Crippen molar-refractivity contribution < 1.29 is 22.8 Å². The predicted octanol–water partition coefficient (Wildman–Crippen LogP) is 3.46. The van der Waals surface area contributed by atoms with E-state index in [0.717, 1.165) is 5.06 Å². The number of hydrogen-bond donors (Lipinski definition) is 0. The smallest absolute Gasteiger partial charge is 0.274 e. The van der Waals surface area contributed by atoms with Gasteiger partial charge < -0.3 is 0 Å². The molecule has 0 spiro atoms. The summed E-state index contributed by atoms with van der Waals surface area (Å²) in [6.07, 6.45) is -4.71. The molecule has 8 heteroatoms. The van der Waals surface area contributed by atoms with E-state index in [1.165, 1.54) is 14.2 Å². The summed E-state index contributed by atoms with van der Waals surface area (Å²) in [6.45, 7) is 0. The number of thiazole rings is 1. The fourth-order valence-corrected chi connectivity index (χ4v) is 2.65. The van der Waals surface area contributed by atoms with Gasteiger partial charge in [-0.1, -0.05) is 30.3 Å². The van der Waals surface area contributed by atoms with Gasteiger partial charge in [0.25, 0.3) is 5.91 Å². The SMILES string of the molecule is CON(C)C(=O)c1sc(-c2ccccc2)nc1C(F)(F)F. The number of benzene rings is 1. The number of nitrogens with zero attached hydrogens (tertiary/aromatic N) is 2. The standard InChI is InChI=1S/C13H11F3N2O2S/c1-18(20-2)12(19)9-10(13(14,15)16)17-11(21-9)8-6-4-3-5-7-8/h3-7H,1-2H3. The minimum absolute atomic E-state index is 0.135. The zero-order valence-corrected chi connectivity index (χ0v) is 12.0. The minimum Gasteiger partial charge on any atom is -0.274 e. The molecule has 4 nitrogen and oxygen atoms in total. The van der Waals surface area contributed by atoms with Gasteiger partial charge in [-0.05, 0) is 0 Å². The third-order valence-corrected chi connectivity index (χ3v) is 3.76. The summed E-state index contributed by atoms with van der Waals surface area (Å²) in [5.41, 5.74) is -0.674. The van der Waals surface area contributed by atoms with E-state index in [1.54, 1.807) is 30.3 Å². The van der Waals surface area contributed by atoms with Crippen molar-refractivity contribution in [2.75, 3.05) is 14.2 Å². The second kappa shape index (κ2) is 5.82. The number of alkyl halides is 3. The Hall–Kier alpha value is -1.93. The van der Waals surface area contributed by atoms with Crippen LogP contribution in [0.2, 0.25) is 0 Å². The van der Waals surface area contributed by atoms with Gasteiger partial charge in [-0.2, -0.15) is 13.2 Å². The van der Waals surface area contributed by atoms with Gasteiger partial charge in [0.1, 0.15) is 9.88 Å². The van der Waals surface area contributed by atoms with Gasteiger partial charge in [0, 0.05) is 12.6 Å². The number of hydrogen-bond acceptors (Lipinski definition) is 4. The van der Waals surface area contributed by atoms with Crippen LogP contribution in [0, 0.1) is 0 Å². The molecule has 0 aliphatic carbocycles. The van der Waals surface area contributed by atoms with Gasteiger partial charge in [0.2, 0.25) is 0 Å². The Kier molecular flexibility index (Phi) is 4.29. The number of carbonyl (C=O) groups is 1. The van der Waals surface area contributed by atoms with Crippen LogP contribution in [0.15, 0.2) is 30.3 Å². The summed E-state index contributed by atoms with van der Waals surface area (Å²) < 4.78 is 39.1. The number of rotatable bonds is 3. The molecule has 0 aliphatic heterocycles. The van der Waals surface area contributed by atoms with Gasteiger partial charge >= 0.3 is 6.18 Å². The maximum atomic E-state index is 13.0. The van der Waals surface area contributed by atoms with Crippen molar-refractivity contribution >= 4 is 17.2 Å². The lowest BCUT2D eigenvalue weighted by molar-refractivity contribution is -0.141. The Morgan fingerprint density at radius 2 is 1.90 bits per heavy atom. The molecule has 0 atom stereocenters. The average molecular weight is 316 g/mol. The second-order valence-corrected chi connectivity index (χ2v) is 5.04. The third kappa shape index (κ3) is 3.22.